The van der Waals surface area contributed by atoms with Crippen molar-refractivity contribution in [1.29, 1.82) is 0 Å². The molecule has 4 rings (SSSR count). The maximum Gasteiger partial charge on any atom is 0.305 e. The highest BCUT2D eigenvalue weighted by molar-refractivity contribution is 5.71. The largest absolute Gasteiger partial charge is 0.481 e. The number of hydrogen-bond donors (Lipinski definition) is 1. The number of carboxylic acids is 1. The molecule has 1 N–H and O–H groups in total. The van der Waals surface area contributed by atoms with Crippen molar-refractivity contribution in [3.63, 3.8) is 0 Å². The van der Waals surface area contributed by atoms with E-state index in [1.807, 2.05) is 36.4 Å². The first-order chi connectivity index (χ1) is 16.9. The summed E-state index contributed by atoms with van der Waals surface area (Å²) in [6, 6.07) is 35.2. The highest BCUT2D eigenvalue weighted by Crippen LogP contribution is 2.36. The van der Waals surface area contributed by atoms with Crippen LogP contribution in [0.1, 0.15) is 53.2 Å². The van der Waals surface area contributed by atoms with Crippen molar-refractivity contribution < 1.29 is 9.90 Å². The van der Waals surface area contributed by atoms with Gasteiger partial charge < -0.3 is 5.11 Å². The number of benzene rings is 4. The molecule has 3 heteroatoms. The molecule has 0 bridgehead atoms. The summed E-state index contributed by atoms with van der Waals surface area (Å²) in [4.78, 5) is 14.4. The Morgan fingerprint density at radius 1 is 0.743 bits per heavy atom. The first-order valence-electron chi connectivity index (χ1n) is 12.2. The second-order valence-electron chi connectivity index (χ2n) is 9.25. The van der Waals surface area contributed by atoms with Gasteiger partial charge in [-0.2, -0.15) is 0 Å². The molecule has 0 aromatic heterocycles. The van der Waals surface area contributed by atoms with Gasteiger partial charge in [-0.3, -0.25) is 9.69 Å². The summed E-state index contributed by atoms with van der Waals surface area (Å²) in [6.07, 6.45) is 0.0345. The van der Waals surface area contributed by atoms with Crippen LogP contribution in [-0.2, 0) is 11.3 Å². The number of hydrogen-bond acceptors (Lipinski definition) is 2. The van der Waals surface area contributed by atoms with Gasteiger partial charge in [0, 0.05) is 18.6 Å². The molecule has 0 radical (unpaired) electrons. The van der Waals surface area contributed by atoms with Gasteiger partial charge in [-0.1, -0.05) is 103 Å². The molecule has 0 fully saturated rings. The van der Waals surface area contributed by atoms with E-state index in [1.165, 1.54) is 22.3 Å². The Bertz CT molecular complexity index is 1230. The van der Waals surface area contributed by atoms with Crippen molar-refractivity contribution in [2.24, 2.45) is 0 Å². The molecule has 0 saturated carbocycles. The van der Waals surface area contributed by atoms with Crippen LogP contribution in [0.4, 0.5) is 0 Å². The second kappa shape index (κ2) is 11.2. The van der Waals surface area contributed by atoms with Crippen molar-refractivity contribution in [1.82, 2.24) is 4.90 Å². The van der Waals surface area contributed by atoms with Crippen LogP contribution >= 0.6 is 0 Å². The number of aliphatic carboxylic acids is 1. The summed E-state index contributed by atoms with van der Waals surface area (Å²) >= 11 is 0. The molecule has 4 aromatic rings. The number of aryl methyl sites for hydroxylation is 2. The maximum absolute atomic E-state index is 12.1. The van der Waals surface area contributed by atoms with Gasteiger partial charge in [-0.05, 0) is 59.7 Å². The molecule has 4 aromatic carbocycles. The predicted octanol–water partition coefficient (Wildman–Crippen LogP) is 7.75. The molecule has 0 saturated heterocycles. The van der Waals surface area contributed by atoms with Crippen molar-refractivity contribution in [3.05, 3.63) is 131 Å². The molecular weight excluding hydrogens is 430 g/mol. The van der Waals surface area contributed by atoms with Gasteiger partial charge in [-0.25, -0.2) is 0 Å². The van der Waals surface area contributed by atoms with Crippen LogP contribution in [-0.4, -0.2) is 16.0 Å². The van der Waals surface area contributed by atoms with Crippen molar-refractivity contribution in [3.8, 4) is 11.1 Å². The van der Waals surface area contributed by atoms with Gasteiger partial charge in [0.25, 0.3) is 0 Å². The molecule has 2 atom stereocenters. The summed E-state index contributed by atoms with van der Waals surface area (Å²) < 4.78 is 0. The fourth-order valence-electron chi connectivity index (χ4n) is 4.97. The molecule has 0 heterocycles. The monoisotopic (exact) mass is 463 g/mol. The minimum absolute atomic E-state index is 0.0345. The molecule has 0 aliphatic heterocycles. The topological polar surface area (TPSA) is 40.5 Å². The summed E-state index contributed by atoms with van der Waals surface area (Å²) in [5.41, 5.74) is 8.23. The Hall–Kier alpha value is -3.69. The van der Waals surface area contributed by atoms with Gasteiger partial charge in [0.15, 0.2) is 0 Å². The van der Waals surface area contributed by atoms with E-state index in [2.05, 4.69) is 92.4 Å². The van der Waals surface area contributed by atoms with E-state index in [9.17, 15) is 9.90 Å². The fourth-order valence-corrected chi connectivity index (χ4v) is 4.97. The molecule has 0 aliphatic rings. The third-order valence-electron chi connectivity index (χ3n) is 6.82. The highest BCUT2D eigenvalue weighted by Gasteiger charge is 2.28. The fraction of sp³-hybridized carbons (Fsp3) is 0.219. The normalized spacial score (nSPS) is 12.9. The Balaban J connectivity index is 1.74. The summed E-state index contributed by atoms with van der Waals surface area (Å²) in [5, 5.41) is 9.89. The molecule has 0 aliphatic carbocycles. The SMILES string of the molecule is Cc1cccc(C)c1-c1ccc(C(CC(=O)O)N(Cc2ccccc2)[C@H](C)c2ccccc2)cc1. The van der Waals surface area contributed by atoms with Gasteiger partial charge in [-0.15, -0.1) is 0 Å². The average Bonchev–Trinajstić information content (AvgIpc) is 2.87. The van der Waals surface area contributed by atoms with Crippen molar-refractivity contribution in [2.75, 3.05) is 0 Å². The second-order valence-corrected chi connectivity index (χ2v) is 9.25. The van der Waals surface area contributed by atoms with E-state index in [4.69, 9.17) is 0 Å². The lowest BCUT2D eigenvalue weighted by molar-refractivity contribution is -0.138. The van der Waals surface area contributed by atoms with Gasteiger partial charge in [0.2, 0.25) is 0 Å². The number of carbonyl (C=O) groups is 1. The standard InChI is InChI=1S/C32H33NO2/c1-23-11-10-12-24(2)32(23)29-19-17-28(18-20-29)30(21-31(34)35)33(22-26-13-6-4-7-14-26)25(3)27-15-8-5-9-16-27/h4-20,25,30H,21-22H2,1-3H3,(H,34,35)/t25-,30?/m1/s1. The van der Waals surface area contributed by atoms with Gasteiger partial charge in [0.1, 0.15) is 0 Å². The van der Waals surface area contributed by atoms with Crippen LogP contribution < -0.4 is 0 Å². The van der Waals surface area contributed by atoms with Crippen LogP contribution in [0.25, 0.3) is 11.1 Å². The third kappa shape index (κ3) is 5.87. The van der Waals surface area contributed by atoms with Crippen LogP contribution in [0.5, 0.6) is 0 Å². The minimum Gasteiger partial charge on any atom is -0.481 e. The van der Waals surface area contributed by atoms with Crippen molar-refractivity contribution in [2.45, 2.75) is 45.8 Å². The van der Waals surface area contributed by atoms with Crippen molar-refractivity contribution >= 4 is 5.97 Å². The smallest absolute Gasteiger partial charge is 0.305 e. The summed E-state index contributed by atoms with van der Waals surface area (Å²) in [5.74, 6) is -0.799. The Morgan fingerprint density at radius 2 is 1.31 bits per heavy atom. The average molecular weight is 464 g/mol. The molecule has 0 amide bonds. The molecule has 0 spiro atoms. The summed E-state index contributed by atoms with van der Waals surface area (Å²) in [7, 11) is 0. The molecule has 1 unspecified atom stereocenters. The molecule has 3 nitrogen and oxygen atoms in total. The van der Waals surface area contributed by atoms with Crippen LogP contribution in [0, 0.1) is 13.8 Å². The predicted molar refractivity (Wildman–Crippen MR) is 143 cm³/mol. The molecule has 35 heavy (non-hydrogen) atoms. The highest BCUT2D eigenvalue weighted by atomic mass is 16.4. The number of carboxylic acid groups (broad SMARTS) is 1. The van der Waals surface area contributed by atoms with Crippen LogP contribution in [0.2, 0.25) is 0 Å². The minimum atomic E-state index is -0.799. The maximum atomic E-state index is 12.1. The molecular formula is C32H33NO2. The van der Waals surface area contributed by atoms with E-state index in [-0.39, 0.29) is 18.5 Å². The zero-order valence-corrected chi connectivity index (χ0v) is 20.7. The van der Waals surface area contributed by atoms with E-state index in [1.54, 1.807) is 0 Å². The lowest BCUT2D eigenvalue weighted by Gasteiger charge is -2.37. The number of nitrogens with zero attached hydrogens (tertiary/aromatic N) is 1. The lowest BCUT2D eigenvalue weighted by Crippen LogP contribution is -2.32. The first-order valence-corrected chi connectivity index (χ1v) is 12.2. The third-order valence-corrected chi connectivity index (χ3v) is 6.82. The lowest BCUT2D eigenvalue weighted by atomic mass is 9.92. The zero-order valence-electron chi connectivity index (χ0n) is 20.7. The Kier molecular flexibility index (Phi) is 7.79. The number of rotatable bonds is 9. The van der Waals surface area contributed by atoms with Gasteiger partial charge in [0.05, 0.1) is 6.42 Å². The van der Waals surface area contributed by atoms with E-state index in [0.29, 0.717) is 6.54 Å². The quantitative estimate of drug-likeness (QED) is 0.276. The van der Waals surface area contributed by atoms with Gasteiger partial charge >= 0.3 is 5.97 Å². The summed E-state index contributed by atoms with van der Waals surface area (Å²) in [6.45, 7) is 7.09. The first kappa shape index (κ1) is 24.4. The Labute approximate surface area is 208 Å². The van der Waals surface area contributed by atoms with Crippen LogP contribution in [0.3, 0.4) is 0 Å². The van der Waals surface area contributed by atoms with E-state index >= 15 is 0 Å². The van der Waals surface area contributed by atoms with E-state index < -0.39 is 5.97 Å². The van der Waals surface area contributed by atoms with Crippen LogP contribution in [0.15, 0.2) is 103 Å². The Morgan fingerprint density at radius 3 is 1.89 bits per heavy atom. The zero-order chi connectivity index (χ0) is 24.8. The van der Waals surface area contributed by atoms with E-state index in [0.717, 1.165) is 16.7 Å². The molecule has 178 valence electrons.